The first-order valence-corrected chi connectivity index (χ1v) is 4.97. The molecule has 0 unspecified atom stereocenters. The molecule has 1 nitrogen and oxygen atoms in total. The van der Waals surface area contributed by atoms with Gasteiger partial charge in [-0.25, -0.2) is 0 Å². The molecular formula is C9H10IN. The fourth-order valence-corrected chi connectivity index (χ4v) is 1.66. The van der Waals surface area contributed by atoms with Crippen LogP contribution in [-0.2, 0) is 0 Å². The Labute approximate surface area is 80.4 Å². The van der Waals surface area contributed by atoms with E-state index < -0.39 is 0 Å². The van der Waals surface area contributed by atoms with Crippen molar-refractivity contribution in [1.29, 1.82) is 0 Å². The second-order valence-electron chi connectivity index (χ2n) is 3.11. The van der Waals surface area contributed by atoms with Crippen LogP contribution in [0.3, 0.4) is 0 Å². The summed E-state index contributed by atoms with van der Waals surface area (Å²) in [6.07, 6.45) is 4.75. The van der Waals surface area contributed by atoms with Crippen LogP contribution >= 0.6 is 22.6 Å². The predicted octanol–water partition coefficient (Wildman–Crippen LogP) is 2.87. The minimum absolute atomic E-state index is 0.830. The third kappa shape index (κ3) is 1.55. The van der Waals surface area contributed by atoms with Crippen LogP contribution in [0.2, 0.25) is 0 Å². The van der Waals surface area contributed by atoms with Crippen LogP contribution in [0.25, 0.3) is 0 Å². The van der Waals surface area contributed by atoms with Gasteiger partial charge in [0, 0.05) is 9.77 Å². The van der Waals surface area contributed by atoms with Crippen LogP contribution < -0.4 is 0 Å². The molecule has 0 N–H and O–H groups in total. The Hall–Kier alpha value is -0.120. The molecule has 0 bridgehead atoms. The Morgan fingerprint density at radius 3 is 2.82 bits per heavy atom. The lowest BCUT2D eigenvalue weighted by molar-refractivity contribution is 1.06. The van der Waals surface area contributed by atoms with Crippen molar-refractivity contribution in [2.45, 2.75) is 25.7 Å². The monoisotopic (exact) mass is 259 g/mol. The quantitative estimate of drug-likeness (QED) is 0.706. The number of aromatic nitrogens is 1. The molecule has 1 aliphatic carbocycles. The fourth-order valence-electron chi connectivity index (χ4n) is 1.16. The molecule has 1 saturated carbocycles. The number of nitrogens with zero attached hydrogens (tertiary/aromatic N) is 1. The number of hydrogen-bond acceptors (Lipinski definition) is 1. The Bertz CT molecular complexity index is 279. The summed E-state index contributed by atoms with van der Waals surface area (Å²) in [4.78, 5) is 4.33. The van der Waals surface area contributed by atoms with Gasteiger partial charge in [0.05, 0.1) is 5.69 Å². The van der Waals surface area contributed by atoms with Gasteiger partial charge in [0.15, 0.2) is 0 Å². The van der Waals surface area contributed by atoms with E-state index in [2.05, 4.69) is 40.6 Å². The second-order valence-corrected chi connectivity index (χ2v) is 4.27. The van der Waals surface area contributed by atoms with Crippen molar-refractivity contribution >= 4 is 22.6 Å². The number of rotatable bonds is 1. The molecule has 11 heavy (non-hydrogen) atoms. The summed E-state index contributed by atoms with van der Waals surface area (Å²) in [7, 11) is 0. The zero-order valence-corrected chi connectivity index (χ0v) is 8.63. The maximum Gasteiger partial charge on any atom is 0.0506 e. The highest BCUT2D eigenvalue weighted by molar-refractivity contribution is 14.1. The number of hydrogen-bond donors (Lipinski definition) is 0. The lowest BCUT2D eigenvalue weighted by Crippen LogP contribution is -1.89. The Morgan fingerprint density at radius 2 is 2.27 bits per heavy atom. The van der Waals surface area contributed by atoms with Crippen molar-refractivity contribution in [1.82, 2.24) is 4.98 Å². The SMILES string of the molecule is Cc1ncc(C2CC2)cc1I. The molecule has 58 valence electrons. The average molecular weight is 259 g/mol. The molecule has 1 aromatic heterocycles. The van der Waals surface area contributed by atoms with E-state index in [9.17, 15) is 0 Å². The van der Waals surface area contributed by atoms with Crippen molar-refractivity contribution < 1.29 is 0 Å². The van der Waals surface area contributed by atoms with Crippen LogP contribution in [0.5, 0.6) is 0 Å². The molecule has 1 aliphatic rings. The van der Waals surface area contributed by atoms with Crippen LogP contribution in [-0.4, -0.2) is 4.98 Å². The van der Waals surface area contributed by atoms with Crippen LogP contribution in [0.1, 0.15) is 30.0 Å². The highest BCUT2D eigenvalue weighted by atomic mass is 127. The summed E-state index contributed by atoms with van der Waals surface area (Å²) in [5, 5.41) is 0. The molecule has 1 aromatic rings. The summed E-state index contributed by atoms with van der Waals surface area (Å²) in [6, 6.07) is 2.26. The van der Waals surface area contributed by atoms with Gasteiger partial charge in [-0.1, -0.05) is 0 Å². The largest absolute Gasteiger partial charge is 0.260 e. The van der Waals surface area contributed by atoms with Crippen molar-refractivity contribution in [2.24, 2.45) is 0 Å². The minimum atomic E-state index is 0.830. The molecule has 0 radical (unpaired) electrons. The molecule has 0 amide bonds. The van der Waals surface area contributed by atoms with E-state index in [1.165, 1.54) is 22.0 Å². The van der Waals surface area contributed by atoms with E-state index >= 15 is 0 Å². The first-order valence-electron chi connectivity index (χ1n) is 3.89. The zero-order valence-electron chi connectivity index (χ0n) is 6.47. The fraction of sp³-hybridized carbons (Fsp3) is 0.444. The predicted molar refractivity (Wildman–Crippen MR) is 53.7 cm³/mol. The Kier molecular flexibility index (Phi) is 1.87. The summed E-state index contributed by atoms with van der Waals surface area (Å²) in [5.74, 6) is 0.830. The van der Waals surface area contributed by atoms with E-state index in [4.69, 9.17) is 0 Å². The Balaban J connectivity index is 2.36. The molecule has 1 heterocycles. The molecular weight excluding hydrogens is 249 g/mol. The summed E-state index contributed by atoms with van der Waals surface area (Å²) >= 11 is 2.35. The van der Waals surface area contributed by atoms with Gasteiger partial charge in [-0.2, -0.15) is 0 Å². The number of aryl methyl sites for hydroxylation is 1. The van der Waals surface area contributed by atoms with Gasteiger partial charge in [-0.15, -0.1) is 0 Å². The van der Waals surface area contributed by atoms with Crippen molar-refractivity contribution in [3.05, 3.63) is 27.1 Å². The summed E-state index contributed by atoms with van der Waals surface area (Å²) in [6.45, 7) is 2.05. The molecule has 2 rings (SSSR count). The molecule has 0 saturated heterocycles. The molecule has 0 spiro atoms. The van der Waals surface area contributed by atoms with Gasteiger partial charge in [-0.05, 0) is 59.9 Å². The van der Waals surface area contributed by atoms with E-state index in [-0.39, 0.29) is 0 Å². The van der Waals surface area contributed by atoms with E-state index in [0.717, 1.165) is 11.6 Å². The van der Waals surface area contributed by atoms with E-state index in [0.29, 0.717) is 0 Å². The third-order valence-electron chi connectivity index (χ3n) is 2.10. The van der Waals surface area contributed by atoms with Crippen molar-refractivity contribution in [2.75, 3.05) is 0 Å². The topological polar surface area (TPSA) is 12.9 Å². The van der Waals surface area contributed by atoms with Gasteiger partial charge in [0.1, 0.15) is 0 Å². The molecule has 2 heteroatoms. The van der Waals surface area contributed by atoms with Crippen molar-refractivity contribution in [3.8, 4) is 0 Å². The maximum absolute atomic E-state index is 4.33. The standard InChI is InChI=1S/C9H10IN/c1-6-9(10)4-8(5-11-6)7-2-3-7/h4-5,7H,2-3H2,1H3. The first-order chi connectivity index (χ1) is 5.27. The lowest BCUT2D eigenvalue weighted by atomic mass is 10.2. The van der Waals surface area contributed by atoms with Gasteiger partial charge in [0.2, 0.25) is 0 Å². The normalized spacial score (nSPS) is 16.9. The Morgan fingerprint density at radius 1 is 1.55 bits per heavy atom. The second kappa shape index (κ2) is 2.73. The molecule has 1 fully saturated rings. The van der Waals surface area contributed by atoms with Crippen LogP contribution in [0, 0.1) is 10.5 Å². The highest BCUT2D eigenvalue weighted by Gasteiger charge is 2.23. The molecule has 0 atom stereocenters. The first kappa shape index (κ1) is 7.53. The van der Waals surface area contributed by atoms with Gasteiger partial charge >= 0.3 is 0 Å². The van der Waals surface area contributed by atoms with E-state index in [1.54, 1.807) is 0 Å². The highest BCUT2D eigenvalue weighted by Crippen LogP contribution is 2.40. The minimum Gasteiger partial charge on any atom is -0.260 e. The number of pyridine rings is 1. The van der Waals surface area contributed by atoms with Crippen LogP contribution in [0.15, 0.2) is 12.3 Å². The lowest BCUT2D eigenvalue weighted by Gasteiger charge is -2.00. The number of halogens is 1. The van der Waals surface area contributed by atoms with Gasteiger partial charge in [0.25, 0.3) is 0 Å². The van der Waals surface area contributed by atoms with E-state index in [1.807, 2.05) is 6.20 Å². The van der Waals surface area contributed by atoms with Gasteiger partial charge < -0.3 is 0 Å². The van der Waals surface area contributed by atoms with Crippen molar-refractivity contribution in [3.63, 3.8) is 0 Å². The smallest absolute Gasteiger partial charge is 0.0506 e. The third-order valence-corrected chi connectivity index (χ3v) is 3.19. The molecule has 0 aliphatic heterocycles. The summed E-state index contributed by atoms with van der Waals surface area (Å²) < 4.78 is 1.30. The molecule has 0 aromatic carbocycles. The zero-order chi connectivity index (χ0) is 7.84. The maximum atomic E-state index is 4.33. The van der Waals surface area contributed by atoms with Gasteiger partial charge in [-0.3, -0.25) is 4.98 Å². The average Bonchev–Trinajstić information content (AvgIpc) is 2.77. The van der Waals surface area contributed by atoms with Crippen LogP contribution in [0.4, 0.5) is 0 Å². The summed E-state index contributed by atoms with van der Waals surface area (Å²) in [5.41, 5.74) is 2.58.